The molecule has 3 rings (SSSR count). The predicted octanol–water partition coefficient (Wildman–Crippen LogP) is 0.0552. The molecular formula is C23H27N5O5. The minimum absolute atomic E-state index is 0.0779. The first-order valence-electron chi connectivity index (χ1n) is 10.6. The van der Waals surface area contributed by atoms with Crippen LogP contribution in [0.15, 0.2) is 24.3 Å². The number of carbonyl (C=O) groups is 4. The number of amides is 4. The van der Waals surface area contributed by atoms with Crippen LogP contribution in [0.4, 0.5) is 0 Å². The Morgan fingerprint density at radius 2 is 2.03 bits per heavy atom. The Kier molecular flexibility index (Phi) is 7.56. The van der Waals surface area contributed by atoms with E-state index >= 15 is 0 Å². The highest BCUT2D eigenvalue weighted by Crippen LogP contribution is 2.26. The predicted molar refractivity (Wildman–Crippen MR) is 121 cm³/mol. The van der Waals surface area contributed by atoms with Crippen molar-refractivity contribution in [3.05, 3.63) is 30.0 Å². The van der Waals surface area contributed by atoms with E-state index in [0.717, 1.165) is 5.39 Å². The smallest absolute Gasteiger partial charge is 0.268 e. The maximum Gasteiger partial charge on any atom is 0.268 e. The molecule has 3 atom stereocenters. The first-order valence-corrected chi connectivity index (χ1v) is 10.6. The lowest BCUT2D eigenvalue weighted by Gasteiger charge is -2.23. The molecule has 10 nitrogen and oxygen atoms in total. The number of rotatable bonds is 9. The maximum atomic E-state index is 12.9. The normalized spacial score (nSPS) is 16.9. The van der Waals surface area contributed by atoms with Crippen LogP contribution in [0.2, 0.25) is 0 Å². The van der Waals surface area contributed by atoms with Crippen LogP contribution in [0.5, 0.6) is 5.75 Å². The molecule has 1 saturated heterocycles. The van der Waals surface area contributed by atoms with Crippen molar-refractivity contribution in [3.8, 4) is 18.1 Å². The van der Waals surface area contributed by atoms with Crippen molar-refractivity contribution in [1.82, 2.24) is 26.3 Å². The summed E-state index contributed by atoms with van der Waals surface area (Å²) in [7, 11) is 2.98. The summed E-state index contributed by atoms with van der Waals surface area (Å²) in [5.41, 5.74) is 0.932. The van der Waals surface area contributed by atoms with Crippen molar-refractivity contribution in [2.24, 2.45) is 5.92 Å². The number of hydrogen-bond acceptors (Lipinski definition) is 5. The summed E-state index contributed by atoms with van der Waals surface area (Å²) in [6.07, 6.45) is 6.06. The zero-order valence-electron chi connectivity index (χ0n) is 18.5. The van der Waals surface area contributed by atoms with Gasteiger partial charge in [0.1, 0.15) is 23.5 Å². The van der Waals surface area contributed by atoms with Gasteiger partial charge in [0.15, 0.2) is 0 Å². The molecule has 0 saturated carbocycles. The van der Waals surface area contributed by atoms with E-state index in [2.05, 4.69) is 32.2 Å². The molecule has 1 aromatic heterocycles. The van der Waals surface area contributed by atoms with E-state index < -0.39 is 29.8 Å². The van der Waals surface area contributed by atoms with E-state index in [4.69, 9.17) is 11.2 Å². The van der Waals surface area contributed by atoms with Gasteiger partial charge in [0, 0.05) is 36.8 Å². The molecule has 2 heterocycles. The molecule has 0 radical (unpaired) electrons. The van der Waals surface area contributed by atoms with Gasteiger partial charge in [-0.25, -0.2) is 0 Å². The minimum Gasteiger partial charge on any atom is -0.496 e. The third kappa shape index (κ3) is 5.44. The number of ether oxygens (including phenoxy) is 1. The molecule has 2 aromatic rings. The molecule has 1 aliphatic heterocycles. The fourth-order valence-electron chi connectivity index (χ4n) is 3.82. The maximum absolute atomic E-state index is 12.9. The Morgan fingerprint density at radius 1 is 1.24 bits per heavy atom. The van der Waals surface area contributed by atoms with Gasteiger partial charge < -0.3 is 31.0 Å². The number of terminal acetylenes is 1. The summed E-state index contributed by atoms with van der Waals surface area (Å²) >= 11 is 0. The van der Waals surface area contributed by atoms with E-state index in [9.17, 15) is 19.2 Å². The van der Waals surface area contributed by atoms with Gasteiger partial charge in [0.05, 0.1) is 7.11 Å². The van der Waals surface area contributed by atoms with E-state index in [1.807, 2.05) is 0 Å². The number of hydrogen-bond donors (Lipinski definition) is 5. The standard InChI is InChI=1S/C23H27N5O5/c1-4-6-16(22(31)28-17(21(30)24-2)11-13-9-10-25-20(13)29)27-23(32)18-12-14-15(26-18)7-5-8-19(14)33-3/h1,5,7-8,12-13,16-17,26H,6,9-11H2,2-3H3,(H,24,30)(H,25,29)(H,27,32)(H,28,31)/t13-,16-,17-/m0/s1. The Bertz CT molecular complexity index is 1100. The fourth-order valence-corrected chi connectivity index (χ4v) is 3.82. The van der Waals surface area contributed by atoms with Crippen molar-refractivity contribution in [2.75, 3.05) is 20.7 Å². The second-order valence-electron chi connectivity index (χ2n) is 7.73. The van der Waals surface area contributed by atoms with Gasteiger partial charge in [0.25, 0.3) is 5.91 Å². The van der Waals surface area contributed by atoms with Crippen LogP contribution >= 0.6 is 0 Å². The number of benzene rings is 1. The molecule has 33 heavy (non-hydrogen) atoms. The van der Waals surface area contributed by atoms with E-state index in [-0.39, 0.29) is 30.4 Å². The van der Waals surface area contributed by atoms with Crippen LogP contribution in [0.1, 0.15) is 29.8 Å². The van der Waals surface area contributed by atoms with Gasteiger partial charge in [-0.05, 0) is 31.0 Å². The van der Waals surface area contributed by atoms with E-state index in [0.29, 0.717) is 24.2 Å². The van der Waals surface area contributed by atoms with Crippen LogP contribution < -0.4 is 26.0 Å². The number of likely N-dealkylation sites (N-methyl/N-ethyl adjacent to an activating group) is 1. The van der Waals surface area contributed by atoms with Gasteiger partial charge in [-0.2, -0.15) is 0 Å². The third-order valence-electron chi connectivity index (χ3n) is 5.59. The average Bonchev–Trinajstić information content (AvgIpc) is 3.43. The largest absolute Gasteiger partial charge is 0.496 e. The van der Waals surface area contributed by atoms with Crippen molar-refractivity contribution in [2.45, 2.75) is 31.3 Å². The number of carbonyl (C=O) groups excluding carboxylic acids is 4. The summed E-state index contributed by atoms with van der Waals surface area (Å²) in [6, 6.07) is 4.98. The summed E-state index contributed by atoms with van der Waals surface area (Å²) in [4.78, 5) is 53.0. The van der Waals surface area contributed by atoms with Gasteiger partial charge in [-0.15, -0.1) is 12.3 Å². The number of nitrogens with one attached hydrogen (secondary N) is 5. The molecule has 4 amide bonds. The van der Waals surface area contributed by atoms with Gasteiger partial charge in [0.2, 0.25) is 17.7 Å². The summed E-state index contributed by atoms with van der Waals surface area (Å²) in [5, 5.41) is 11.2. The Balaban J connectivity index is 1.73. The van der Waals surface area contributed by atoms with Crippen LogP contribution in [-0.2, 0) is 14.4 Å². The Labute approximate surface area is 191 Å². The summed E-state index contributed by atoms with van der Waals surface area (Å²) in [6.45, 7) is 0.531. The van der Waals surface area contributed by atoms with E-state index in [1.165, 1.54) is 14.2 Å². The molecule has 174 valence electrons. The lowest BCUT2D eigenvalue weighted by molar-refractivity contribution is -0.131. The molecule has 1 aliphatic rings. The second kappa shape index (κ2) is 10.5. The molecule has 0 spiro atoms. The zero-order chi connectivity index (χ0) is 24.0. The number of aromatic amines is 1. The van der Waals surface area contributed by atoms with Crippen molar-refractivity contribution < 1.29 is 23.9 Å². The lowest BCUT2D eigenvalue weighted by Crippen LogP contribution is -2.54. The Hall–Kier alpha value is -4.00. The monoisotopic (exact) mass is 453 g/mol. The van der Waals surface area contributed by atoms with Crippen molar-refractivity contribution in [1.29, 1.82) is 0 Å². The van der Waals surface area contributed by atoms with Crippen LogP contribution in [-0.4, -0.2) is 61.4 Å². The molecule has 10 heteroatoms. The molecule has 1 aromatic carbocycles. The zero-order valence-corrected chi connectivity index (χ0v) is 18.5. The van der Waals surface area contributed by atoms with Gasteiger partial charge in [-0.3, -0.25) is 19.2 Å². The SMILES string of the molecule is C#CC[C@H](NC(=O)c1cc2c(OC)cccc2[nH]1)C(=O)N[C@@H](C[C@@H]1CCNC1=O)C(=O)NC. The molecule has 0 bridgehead atoms. The fraction of sp³-hybridized carbons (Fsp3) is 0.391. The first-order chi connectivity index (χ1) is 15.9. The van der Waals surface area contributed by atoms with Crippen LogP contribution in [0.25, 0.3) is 10.9 Å². The van der Waals surface area contributed by atoms with Crippen LogP contribution in [0.3, 0.4) is 0 Å². The topological polar surface area (TPSA) is 141 Å². The van der Waals surface area contributed by atoms with Gasteiger partial charge in [-0.1, -0.05) is 6.07 Å². The summed E-state index contributed by atoms with van der Waals surface area (Å²) < 4.78 is 5.31. The first kappa shape index (κ1) is 23.7. The number of fused-ring (bicyclic) bond motifs is 1. The number of methoxy groups -OCH3 is 1. The third-order valence-corrected chi connectivity index (χ3v) is 5.59. The number of aromatic nitrogens is 1. The molecule has 1 fully saturated rings. The van der Waals surface area contributed by atoms with Crippen LogP contribution in [0, 0.1) is 18.3 Å². The summed E-state index contributed by atoms with van der Waals surface area (Å²) in [5.74, 6) is 0.871. The lowest BCUT2D eigenvalue weighted by atomic mass is 9.97. The van der Waals surface area contributed by atoms with E-state index in [1.54, 1.807) is 24.3 Å². The highest BCUT2D eigenvalue weighted by Gasteiger charge is 2.32. The second-order valence-corrected chi connectivity index (χ2v) is 7.73. The number of H-pyrrole nitrogens is 1. The quantitative estimate of drug-likeness (QED) is 0.341. The van der Waals surface area contributed by atoms with Crippen molar-refractivity contribution >= 4 is 34.5 Å². The highest BCUT2D eigenvalue weighted by atomic mass is 16.5. The highest BCUT2D eigenvalue weighted by molar-refractivity contribution is 6.02. The minimum atomic E-state index is -1.07. The molecule has 0 aliphatic carbocycles. The van der Waals surface area contributed by atoms with Gasteiger partial charge >= 0.3 is 0 Å². The average molecular weight is 453 g/mol. The molecule has 5 N–H and O–H groups in total. The molecule has 0 unspecified atom stereocenters. The Morgan fingerprint density at radius 3 is 2.67 bits per heavy atom. The van der Waals surface area contributed by atoms with Crippen molar-refractivity contribution in [3.63, 3.8) is 0 Å². The molecular weight excluding hydrogens is 426 g/mol.